The highest BCUT2D eigenvalue weighted by Crippen LogP contribution is 2.40. The van der Waals surface area contributed by atoms with Gasteiger partial charge in [0.1, 0.15) is 5.82 Å². The van der Waals surface area contributed by atoms with E-state index in [4.69, 9.17) is 0 Å². The Hall–Kier alpha value is -3.14. The standard InChI is InChI=1S/C19H20F3N5O2/c1-12(16-24-11-14(26-16)13-6-4-3-5-7-13)25-15(28)10-18(29,19(20,21)22)17-23-8-9-27(17)2/h3-9,11-12,29H,10H2,1-2H3,(H,24,26)(H,25,28). The van der Waals surface area contributed by atoms with Crippen molar-refractivity contribution in [1.82, 2.24) is 24.8 Å². The number of benzene rings is 1. The molecule has 7 nitrogen and oxygen atoms in total. The van der Waals surface area contributed by atoms with Gasteiger partial charge in [-0.15, -0.1) is 0 Å². The Kier molecular flexibility index (Phi) is 5.47. The second-order valence-electron chi connectivity index (χ2n) is 6.73. The summed E-state index contributed by atoms with van der Waals surface area (Å²) in [5.41, 5.74) is -1.82. The Morgan fingerprint density at radius 3 is 2.55 bits per heavy atom. The maximum atomic E-state index is 13.6. The lowest BCUT2D eigenvalue weighted by molar-refractivity contribution is -0.271. The highest BCUT2D eigenvalue weighted by atomic mass is 19.4. The number of H-pyrrole nitrogens is 1. The minimum atomic E-state index is -5.09. The SMILES string of the molecule is CC(NC(=O)CC(O)(c1nccn1C)C(F)(F)F)c1ncc(-c2ccccc2)[nH]1. The van der Waals surface area contributed by atoms with Crippen LogP contribution in [0, 0.1) is 0 Å². The molecule has 1 amide bonds. The van der Waals surface area contributed by atoms with Crippen LogP contribution in [-0.2, 0) is 17.4 Å². The molecule has 0 fully saturated rings. The van der Waals surface area contributed by atoms with Crippen LogP contribution in [0.2, 0.25) is 0 Å². The van der Waals surface area contributed by atoms with Crippen LogP contribution in [0.15, 0.2) is 48.9 Å². The van der Waals surface area contributed by atoms with E-state index in [1.807, 2.05) is 30.3 Å². The Labute approximate surface area is 164 Å². The topological polar surface area (TPSA) is 95.8 Å². The molecule has 3 N–H and O–H groups in total. The third-order valence-electron chi connectivity index (χ3n) is 4.54. The predicted octanol–water partition coefficient (Wildman–Crippen LogP) is 2.83. The number of aliphatic hydroxyl groups is 1. The number of imidazole rings is 2. The lowest BCUT2D eigenvalue weighted by Gasteiger charge is -2.29. The highest BCUT2D eigenvalue weighted by Gasteiger charge is 2.58. The third kappa shape index (κ3) is 4.16. The Morgan fingerprint density at radius 2 is 1.97 bits per heavy atom. The van der Waals surface area contributed by atoms with Gasteiger partial charge in [0, 0.05) is 19.4 Å². The van der Waals surface area contributed by atoms with Gasteiger partial charge in [-0.25, -0.2) is 9.97 Å². The fraction of sp³-hybridized carbons (Fsp3) is 0.316. The van der Waals surface area contributed by atoms with Crippen molar-refractivity contribution in [2.75, 3.05) is 0 Å². The van der Waals surface area contributed by atoms with Gasteiger partial charge in [0.05, 0.1) is 24.4 Å². The maximum Gasteiger partial charge on any atom is 0.425 e. The van der Waals surface area contributed by atoms with Crippen molar-refractivity contribution in [2.45, 2.75) is 31.2 Å². The number of aromatic nitrogens is 4. The quantitative estimate of drug-likeness (QED) is 0.586. The molecule has 1 aromatic carbocycles. The number of alkyl halides is 3. The lowest BCUT2D eigenvalue weighted by Crippen LogP contribution is -2.48. The Bertz CT molecular complexity index is 983. The van der Waals surface area contributed by atoms with E-state index < -0.39 is 36.0 Å². The number of nitrogens with one attached hydrogen (secondary N) is 2. The number of carbonyl (C=O) groups excluding carboxylic acids is 1. The Morgan fingerprint density at radius 1 is 1.28 bits per heavy atom. The molecule has 0 saturated heterocycles. The minimum absolute atomic E-state index is 0.379. The van der Waals surface area contributed by atoms with Gasteiger partial charge in [0.25, 0.3) is 0 Å². The molecule has 154 valence electrons. The van der Waals surface area contributed by atoms with Crippen LogP contribution in [-0.4, -0.2) is 36.7 Å². The van der Waals surface area contributed by atoms with Gasteiger partial charge in [0.2, 0.25) is 11.5 Å². The number of aromatic amines is 1. The smallest absolute Gasteiger partial charge is 0.374 e. The molecule has 2 atom stereocenters. The van der Waals surface area contributed by atoms with Crippen LogP contribution in [0.4, 0.5) is 13.2 Å². The molecule has 0 aliphatic rings. The summed E-state index contributed by atoms with van der Waals surface area (Å²) in [6.45, 7) is 1.58. The average molecular weight is 407 g/mol. The van der Waals surface area contributed by atoms with E-state index in [0.29, 0.717) is 11.5 Å². The zero-order valence-electron chi connectivity index (χ0n) is 15.7. The van der Waals surface area contributed by atoms with Gasteiger partial charge < -0.3 is 20.0 Å². The van der Waals surface area contributed by atoms with E-state index in [2.05, 4.69) is 20.3 Å². The molecular formula is C19H20F3N5O2. The molecule has 0 spiro atoms. The summed E-state index contributed by atoms with van der Waals surface area (Å²) in [7, 11) is 1.31. The molecule has 0 aliphatic carbocycles. The van der Waals surface area contributed by atoms with E-state index >= 15 is 0 Å². The summed E-state index contributed by atoms with van der Waals surface area (Å²) in [6, 6.07) is 8.63. The first kappa shape index (κ1) is 20.6. The summed E-state index contributed by atoms with van der Waals surface area (Å²) < 4.78 is 41.7. The predicted molar refractivity (Wildman–Crippen MR) is 98.4 cm³/mol. The molecule has 2 heterocycles. The molecule has 3 rings (SSSR count). The van der Waals surface area contributed by atoms with Crippen LogP contribution in [0.1, 0.15) is 31.0 Å². The highest BCUT2D eigenvalue weighted by molar-refractivity contribution is 5.77. The summed E-state index contributed by atoms with van der Waals surface area (Å²) in [4.78, 5) is 23.1. The van der Waals surface area contributed by atoms with Gasteiger partial charge in [0.15, 0.2) is 5.82 Å². The first-order valence-corrected chi connectivity index (χ1v) is 8.78. The van der Waals surface area contributed by atoms with Crippen LogP contribution in [0.3, 0.4) is 0 Å². The molecule has 0 bridgehead atoms. The lowest BCUT2D eigenvalue weighted by atomic mass is 9.97. The molecule has 2 unspecified atom stereocenters. The summed E-state index contributed by atoms with van der Waals surface area (Å²) in [6.07, 6.45) is -2.34. The van der Waals surface area contributed by atoms with Crippen LogP contribution >= 0.6 is 0 Å². The van der Waals surface area contributed by atoms with Crippen molar-refractivity contribution in [3.63, 3.8) is 0 Å². The fourth-order valence-electron chi connectivity index (χ4n) is 2.98. The van der Waals surface area contributed by atoms with Crippen LogP contribution in [0.25, 0.3) is 11.3 Å². The molecule has 10 heteroatoms. The first-order valence-electron chi connectivity index (χ1n) is 8.78. The van der Waals surface area contributed by atoms with Crippen LogP contribution < -0.4 is 5.32 Å². The van der Waals surface area contributed by atoms with Crippen molar-refractivity contribution in [2.24, 2.45) is 7.05 Å². The zero-order valence-corrected chi connectivity index (χ0v) is 15.7. The van der Waals surface area contributed by atoms with Gasteiger partial charge >= 0.3 is 6.18 Å². The monoisotopic (exact) mass is 407 g/mol. The number of halogens is 3. The summed E-state index contributed by atoms with van der Waals surface area (Å²) >= 11 is 0. The van der Waals surface area contributed by atoms with Crippen LogP contribution in [0.5, 0.6) is 0 Å². The van der Waals surface area contributed by atoms with E-state index in [1.54, 1.807) is 13.1 Å². The number of carbonyl (C=O) groups is 1. The van der Waals surface area contributed by atoms with Gasteiger partial charge in [-0.3, -0.25) is 4.79 Å². The number of hydrogen-bond donors (Lipinski definition) is 3. The molecule has 3 aromatic rings. The fourth-order valence-corrected chi connectivity index (χ4v) is 2.98. The van der Waals surface area contributed by atoms with Gasteiger partial charge in [-0.05, 0) is 12.5 Å². The molecule has 0 radical (unpaired) electrons. The van der Waals surface area contributed by atoms with E-state index in [0.717, 1.165) is 16.3 Å². The largest absolute Gasteiger partial charge is 0.425 e. The van der Waals surface area contributed by atoms with E-state index in [9.17, 15) is 23.1 Å². The second kappa shape index (κ2) is 7.70. The molecule has 29 heavy (non-hydrogen) atoms. The summed E-state index contributed by atoms with van der Waals surface area (Å²) in [5, 5.41) is 12.7. The molecule has 2 aromatic heterocycles. The second-order valence-corrected chi connectivity index (χ2v) is 6.73. The van der Waals surface area contributed by atoms with Gasteiger partial charge in [-0.2, -0.15) is 13.2 Å². The van der Waals surface area contributed by atoms with Crippen molar-refractivity contribution < 1.29 is 23.1 Å². The van der Waals surface area contributed by atoms with E-state index in [1.165, 1.54) is 13.2 Å². The van der Waals surface area contributed by atoms with Crippen molar-refractivity contribution in [3.8, 4) is 11.3 Å². The van der Waals surface area contributed by atoms with Gasteiger partial charge in [-0.1, -0.05) is 30.3 Å². The number of aryl methyl sites for hydroxylation is 1. The maximum absolute atomic E-state index is 13.6. The molecular weight excluding hydrogens is 387 g/mol. The van der Waals surface area contributed by atoms with Crippen molar-refractivity contribution >= 4 is 5.91 Å². The Balaban J connectivity index is 1.74. The van der Waals surface area contributed by atoms with Crippen molar-refractivity contribution in [3.05, 3.63) is 60.6 Å². The molecule has 0 aliphatic heterocycles. The first-order chi connectivity index (χ1) is 13.6. The summed E-state index contributed by atoms with van der Waals surface area (Å²) in [5.74, 6) is -1.26. The molecule has 0 saturated carbocycles. The third-order valence-corrected chi connectivity index (χ3v) is 4.54. The zero-order chi connectivity index (χ0) is 21.2. The number of amides is 1. The van der Waals surface area contributed by atoms with E-state index in [-0.39, 0.29) is 0 Å². The average Bonchev–Trinajstić information content (AvgIpc) is 3.30. The number of hydrogen-bond acceptors (Lipinski definition) is 4. The van der Waals surface area contributed by atoms with Crippen molar-refractivity contribution in [1.29, 1.82) is 0 Å². The number of rotatable bonds is 6. The number of nitrogens with zero attached hydrogens (tertiary/aromatic N) is 3. The normalized spacial score (nSPS) is 15.0. The minimum Gasteiger partial charge on any atom is -0.374 e.